The molecule has 6 heteroatoms. The summed E-state index contributed by atoms with van der Waals surface area (Å²) >= 11 is 0. The number of piperidine rings is 1. The van der Waals surface area contributed by atoms with Crippen LogP contribution < -0.4 is 15.0 Å². The van der Waals surface area contributed by atoms with E-state index in [4.69, 9.17) is 9.15 Å². The molecule has 0 atom stereocenters. The summed E-state index contributed by atoms with van der Waals surface area (Å²) in [5.41, 5.74) is 0.575. The second kappa shape index (κ2) is 8.26. The van der Waals surface area contributed by atoms with Crippen LogP contribution in [-0.2, 0) is 4.79 Å². The minimum atomic E-state index is -0.478. The van der Waals surface area contributed by atoms with E-state index >= 15 is 0 Å². The summed E-state index contributed by atoms with van der Waals surface area (Å²) in [7, 11) is 1.58. The Kier molecular flexibility index (Phi) is 5.59. The first-order valence-electron chi connectivity index (χ1n) is 8.61. The minimum absolute atomic E-state index is 0.0136. The van der Waals surface area contributed by atoms with Crippen LogP contribution in [0.5, 0.6) is 5.75 Å². The highest BCUT2D eigenvalue weighted by Crippen LogP contribution is 2.24. The number of furan rings is 1. The smallest absolute Gasteiger partial charge is 0.266 e. The highest BCUT2D eigenvalue weighted by molar-refractivity contribution is 6.09. The van der Waals surface area contributed by atoms with E-state index in [2.05, 4.69) is 10.2 Å². The fourth-order valence-corrected chi connectivity index (χ4v) is 2.87. The molecule has 1 aromatic carbocycles. The van der Waals surface area contributed by atoms with Gasteiger partial charge in [0.1, 0.15) is 23.2 Å². The van der Waals surface area contributed by atoms with Gasteiger partial charge >= 0.3 is 0 Å². The summed E-state index contributed by atoms with van der Waals surface area (Å²) in [6.45, 7) is 1.94. The molecular weight excluding hydrogens is 330 g/mol. The number of anilines is 2. The van der Waals surface area contributed by atoms with E-state index < -0.39 is 5.91 Å². The van der Waals surface area contributed by atoms with Gasteiger partial charge in [-0.2, -0.15) is 5.26 Å². The molecule has 0 saturated carbocycles. The van der Waals surface area contributed by atoms with Crippen LogP contribution >= 0.6 is 0 Å². The molecule has 1 N–H and O–H groups in total. The van der Waals surface area contributed by atoms with Crippen LogP contribution in [0.2, 0.25) is 0 Å². The normalized spacial score (nSPS) is 14.6. The SMILES string of the molecule is COc1ccc(NC(=O)/C(C#N)=C/c2ccc(N3CCCCC3)o2)cc1. The Morgan fingerprint density at radius 2 is 1.92 bits per heavy atom. The monoisotopic (exact) mass is 351 g/mol. The summed E-state index contributed by atoms with van der Waals surface area (Å²) in [5.74, 6) is 1.49. The van der Waals surface area contributed by atoms with Gasteiger partial charge in [-0.25, -0.2) is 0 Å². The van der Waals surface area contributed by atoms with Crippen molar-refractivity contribution < 1.29 is 13.9 Å². The third-order valence-electron chi connectivity index (χ3n) is 4.28. The molecule has 1 aromatic heterocycles. The summed E-state index contributed by atoms with van der Waals surface area (Å²) in [6, 6.07) is 12.5. The third-order valence-corrected chi connectivity index (χ3v) is 4.28. The van der Waals surface area contributed by atoms with Crippen molar-refractivity contribution in [3.05, 3.63) is 47.7 Å². The lowest BCUT2D eigenvalue weighted by Crippen LogP contribution is -2.28. The van der Waals surface area contributed by atoms with Crippen molar-refractivity contribution in [2.45, 2.75) is 19.3 Å². The predicted molar refractivity (Wildman–Crippen MR) is 100.0 cm³/mol. The number of nitrogens with one attached hydrogen (secondary N) is 1. The highest BCUT2D eigenvalue weighted by Gasteiger charge is 2.15. The van der Waals surface area contributed by atoms with Gasteiger partial charge in [-0.15, -0.1) is 0 Å². The van der Waals surface area contributed by atoms with E-state index in [9.17, 15) is 10.1 Å². The molecule has 3 rings (SSSR count). The Morgan fingerprint density at radius 3 is 2.58 bits per heavy atom. The van der Waals surface area contributed by atoms with Gasteiger partial charge in [0.15, 0.2) is 5.88 Å². The van der Waals surface area contributed by atoms with Gasteiger partial charge in [0.2, 0.25) is 0 Å². The van der Waals surface area contributed by atoms with E-state index in [1.807, 2.05) is 12.1 Å². The number of hydrogen-bond acceptors (Lipinski definition) is 5. The Bertz CT molecular complexity index is 825. The number of amides is 1. The Morgan fingerprint density at radius 1 is 1.19 bits per heavy atom. The summed E-state index contributed by atoms with van der Waals surface area (Å²) in [5, 5.41) is 12.0. The number of carbonyl (C=O) groups is 1. The Hall–Kier alpha value is -3.20. The molecule has 0 aliphatic carbocycles. The standard InChI is InChI=1S/C20H21N3O3/c1-25-17-7-5-16(6-8-17)22-20(24)15(14-21)13-18-9-10-19(26-18)23-11-3-2-4-12-23/h5-10,13H,2-4,11-12H2,1H3,(H,22,24)/b15-13+. The summed E-state index contributed by atoms with van der Waals surface area (Å²) in [6.07, 6.45) is 5.01. The quantitative estimate of drug-likeness (QED) is 0.654. The first-order chi connectivity index (χ1) is 12.7. The molecule has 26 heavy (non-hydrogen) atoms. The first-order valence-corrected chi connectivity index (χ1v) is 8.61. The van der Waals surface area contributed by atoms with Crippen LogP contribution in [-0.4, -0.2) is 26.1 Å². The number of methoxy groups -OCH3 is 1. The molecule has 0 spiro atoms. The molecule has 1 saturated heterocycles. The molecule has 2 aromatic rings. The zero-order valence-corrected chi connectivity index (χ0v) is 14.7. The Labute approximate surface area is 152 Å². The van der Waals surface area contributed by atoms with Crippen molar-refractivity contribution in [1.82, 2.24) is 0 Å². The fraction of sp³-hybridized carbons (Fsp3) is 0.300. The third kappa shape index (κ3) is 4.25. The van der Waals surface area contributed by atoms with Crippen LogP contribution in [0.4, 0.5) is 11.6 Å². The van der Waals surface area contributed by atoms with E-state index in [0.717, 1.165) is 31.8 Å². The predicted octanol–water partition coefficient (Wildman–Crippen LogP) is 3.82. The van der Waals surface area contributed by atoms with E-state index in [-0.39, 0.29) is 5.57 Å². The molecule has 1 amide bonds. The molecule has 1 aliphatic rings. The van der Waals surface area contributed by atoms with E-state index in [1.165, 1.54) is 12.5 Å². The zero-order chi connectivity index (χ0) is 18.4. The van der Waals surface area contributed by atoms with Crippen molar-refractivity contribution in [3.8, 4) is 11.8 Å². The summed E-state index contributed by atoms with van der Waals surface area (Å²) in [4.78, 5) is 14.5. The maximum atomic E-state index is 12.3. The van der Waals surface area contributed by atoms with Crippen molar-refractivity contribution in [3.63, 3.8) is 0 Å². The molecule has 2 heterocycles. The Balaban J connectivity index is 1.69. The van der Waals surface area contributed by atoms with Gasteiger partial charge < -0.3 is 19.4 Å². The largest absolute Gasteiger partial charge is 0.497 e. The lowest BCUT2D eigenvalue weighted by atomic mass is 10.1. The molecule has 0 bridgehead atoms. The average molecular weight is 351 g/mol. The molecule has 0 unspecified atom stereocenters. The van der Waals surface area contributed by atoms with E-state index in [1.54, 1.807) is 37.4 Å². The molecule has 1 aliphatic heterocycles. The van der Waals surface area contributed by atoms with Gasteiger partial charge in [-0.05, 0) is 49.6 Å². The minimum Gasteiger partial charge on any atom is -0.497 e. The molecule has 0 radical (unpaired) electrons. The number of nitriles is 1. The van der Waals surface area contributed by atoms with Crippen molar-refractivity contribution in [1.29, 1.82) is 5.26 Å². The second-order valence-electron chi connectivity index (χ2n) is 6.08. The van der Waals surface area contributed by atoms with Crippen LogP contribution in [0.3, 0.4) is 0 Å². The molecule has 1 fully saturated rings. The number of carbonyl (C=O) groups excluding carboxylic acids is 1. The summed E-state index contributed by atoms with van der Waals surface area (Å²) < 4.78 is 10.9. The number of benzene rings is 1. The van der Waals surface area contributed by atoms with E-state index in [0.29, 0.717) is 17.2 Å². The fourth-order valence-electron chi connectivity index (χ4n) is 2.87. The van der Waals surface area contributed by atoms with Crippen LogP contribution in [0.1, 0.15) is 25.0 Å². The topological polar surface area (TPSA) is 78.5 Å². The van der Waals surface area contributed by atoms with Crippen LogP contribution in [0.25, 0.3) is 6.08 Å². The van der Waals surface area contributed by atoms with Crippen molar-refractivity contribution in [2.75, 3.05) is 30.4 Å². The number of rotatable bonds is 5. The van der Waals surface area contributed by atoms with Gasteiger partial charge in [0.05, 0.1) is 7.11 Å². The van der Waals surface area contributed by atoms with Crippen molar-refractivity contribution in [2.24, 2.45) is 0 Å². The lowest BCUT2D eigenvalue weighted by Gasteiger charge is -2.25. The second-order valence-corrected chi connectivity index (χ2v) is 6.08. The number of hydrogen-bond donors (Lipinski definition) is 1. The maximum Gasteiger partial charge on any atom is 0.266 e. The van der Waals surface area contributed by atoms with Gasteiger partial charge in [-0.3, -0.25) is 4.79 Å². The zero-order valence-electron chi connectivity index (χ0n) is 14.7. The molecule has 134 valence electrons. The highest BCUT2D eigenvalue weighted by atomic mass is 16.5. The molecular formula is C20H21N3O3. The van der Waals surface area contributed by atoms with Gasteiger partial charge in [0.25, 0.3) is 5.91 Å². The average Bonchev–Trinajstić information content (AvgIpc) is 3.16. The first kappa shape index (κ1) is 17.6. The number of nitrogens with zero attached hydrogens (tertiary/aromatic N) is 2. The van der Waals surface area contributed by atoms with Gasteiger partial charge in [-0.1, -0.05) is 0 Å². The molecule has 6 nitrogen and oxygen atoms in total. The maximum absolute atomic E-state index is 12.3. The van der Waals surface area contributed by atoms with Crippen molar-refractivity contribution >= 4 is 23.6 Å². The lowest BCUT2D eigenvalue weighted by molar-refractivity contribution is -0.112. The van der Waals surface area contributed by atoms with Gasteiger partial charge in [0, 0.05) is 30.9 Å². The van der Waals surface area contributed by atoms with Crippen LogP contribution in [0.15, 0.2) is 46.4 Å². The number of ether oxygens (including phenoxy) is 1. The van der Waals surface area contributed by atoms with Crippen LogP contribution in [0, 0.1) is 11.3 Å².